The maximum Gasteiger partial charge on any atom is 0.0440 e. The quantitative estimate of drug-likeness (QED) is 0.860. The number of aromatic nitrogens is 1. The van der Waals surface area contributed by atoms with Crippen LogP contribution in [0.3, 0.4) is 0 Å². The van der Waals surface area contributed by atoms with Gasteiger partial charge < -0.3 is 10.2 Å². The average molecular weight is 275 g/mol. The molecule has 0 aliphatic heterocycles. The second-order valence-electron chi connectivity index (χ2n) is 6.42. The van der Waals surface area contributed by atoms with Crippen LogP contribution in [-0.4, -0.2) is 24.6 Å². The second-order valence-corrected chi connectivity index (χ2v) is 6.42. The van der Waals surface area contributed by atoms with Crippen molar-refractivity contribution < 1.29 is 0 Å². The van der Waals surface area contributed by atoms with Crippen LogP contribution in [0.4, 0.5) is 5.69 Å². The van der Waals surface area contributed by atoms with Gasteiger partial charge in [-0.3, -0.25) is 4.98 Å². The summed E-state index contributed by atoms with van der Waals surface area (Å²) in [4.78, 5) is 6.71. The fourth-order valence-corrected chi connectivity index (χ4v) is 3.10. The van der Waals surface area contributed by atoms with Gasteiger partial charge in [-0.2, -0.15) is 0 Å². The lowest BCUT2D eigenvalue weighted by atomic mass is 9.89. The van der Waals surface area contributed by atoms with Crippen molar-refractivity contribution >= 4 is 5.69 Å². The van der Waals surface area contributed by atoms with Gasteiger partial charge in [-0.25, -0.2) is 0 Å². The third kappa shape index (κ3) is 4.48. The first-order chi connectivity index (χ1) is 9.66. The van der Waals surface area contributed by atoms with Crippen molar-refractivity contribution in [3.8, 4) is 0 Å². The van der Waals surface area contributed by atoms with Crippen LogP contribution in [0.15, 0.2) is 18.5 Å². The second kappa shape index (κ2) is 7.63. The molecule has 0 amide bonds. The predicted octanol–water partition coefficient (Wildman–Crippen LogP) is 3.60. The van der Waals surface area contributed by atoms with Gasteiger partial charge in [0.05, 0.1) is 0 Å². The Morgan fingerprint density at radius 3 is 2.75 bits per heavy atom. The minimum Gasteiger partial charge on any atom is -0.374 e. The summed E-state index contributed by atoms with van der Waals surface area (Å²) in [5.41, 5.74) is 2.64. The molecule has 1 aliphatic carbocycles. The number of anilines is 1. The van der Waals surface area contributed by atoms with Crippen LogP contribution in [0.2, 0.25) is 0 Å². The molecule has 1 aliphatic rings. The van der Waals surface area contributed by atoms with E-state index in [0.29, 0.717) is 6.04 Å². The van der Waals surface area contributed by atoms with Crippen LogP contribution in [0, 0.1) is 5.92 Å². The molecule has 112 valence electrons. The molecule has 0 spiro atoms. The monoisotopic (exact) mass is 275 g/mol. The molecule has 1 fully saturated rings. The van der Waals surface area contributed by atoms with Gasteiger partial charge in [0, 0.05) is 49.8 Å². The van der Waals surface area contributed by atoms with Crippen LogP contribution in [0.25, 0.3) is 0 Å². The van der Waals surface area contributed by atoms with Gasteiger partial charge >= 0.3 is 0 Å². The van der Waals surface area contributed by atoms with E-state index in [1.54, 1.807) is 0 Å². The number of rotatable bonds is 6. The number of nitrogens with one attached hydrogen (secondary N) is 1. The van der Waals surface area contributed by atoms with E-state index in [-0.39, 0.29) is 0 Å². The molecule has 0 aromatic carbocycles. The zero-order valence-electron chi connectivity index (χ0n) is 13.2. The summed E-state index contributed by atoms with van der Waals surface area (Å²) in [6, 6.07) is 2.66. The highest BCUT2D eigenvalue weighted by Crippen LogP contribution is 2.27. The molecule has 1 aromatic rings. The number of hydrogen-bond acceptors (Lipinski definition) is 3. The summed E-state index contributed by atoms with van der Waals surface area (Å²) in [6.45, 7) is 6.44. The first kappa shape index (κ1) is 15.3. The van der Waals surface area contributed by atoms with Gasteiger partial charge in [-0.05, 0) is 24.8 Å². The Morgan fingerprint density at radius 2 is 2.05 bits per heavy atom. The van der Waals surface area contributed by atoms with Crippen molar-refractivity contribution in [2.75, 3.05) is 18.5 Å². The van der Waals surface area contributed by atoms with Gasteiger partial charge in [-0.1, -0.05) is 33.1 Å². The molecule has 1 N–H and O–H groups in total. The summed E-state index contributed by atoms with van der Waals surface area (Å²) < 4.78 is 0. The van der Waals surface area contributed by atoms with E-state index in [1.165, 1.54) is 49.9 Å². The van der Waals surface area contributed by atoms with Crippen LogP contribution >= 0.6 is 0 Å². The Morgan fingerprint density at radius 1 is 1.30 bits per heavy atom. The minimum atomic E-state index is 0.506. The van der Waals surface area contributed by atoms with Crippen LogP contribution in [-0.2, 0) is 6.54 Å². The molecule has 0 atom stereocenters. The van der Waals surface area contributed by atoms with Crippen molar-refractivity contribution in [3.63, 3.8) is 0 Å². The zero-order chi connectivity index (χ0) is 14.4. The third-order valence-electron chi connectivity index (χ3n) is 4.25. The Bertz CT molecular complexity index is 397. The lowest BCUT2D eigenvalue weighted by Gasteiger charge is -2.29. The maximum atomic E-state index is 4.29. The molecule has 1 aromatic heterocycles. The van der Waals surface area contributed by atoms with E-state index in [2.05, 4.69) is 42.2 Å². The summed E-state index contributed by atoms with van der Waals surface area (Å²) >= 11 is 0. The normalized spacial score (nSPS) is 16.6. The third-order valence-corrected chi connectivity index (χ3v) is 4.25. The van der Waals surface area contributed by atoms with E-state index >= 15 is 0 Å². The summed E-state index contributed by atoms with van der Waals surface area (Å²) in [5, 5.41) is 3.49. The highest BCUT2D eigenvalue weighted by molar-refractivity contribution is 5.51. The van der Waals surface area contributed by atoms with Crippen molar-refractivity contribution in [3.05, 3.63) is 24.0 Å². The highest BCUT2D eigenvalue weighted by atomic mass is 15.1. The van der Waals surface area contributed by atoms with Crippen LogP contribution in [0.1, 0.15) is 51.5 Å². The van der Waals surface area contributed by atoms with Crippen molar-refractivity contribution in [1.29, 1.82) is 0 Å². The summed E-state index contributed by atoms with van der Waals surface area (Å²) in [7, 11) is 2.23. The first-order valence-corrected chi connectivity index (χ1v) is 8.04. The van der Waals surface area contributed by atoms with E-state index in [4.69, 9.17) is 0 Å². The van der Waals surface area contributed by atoms with Gasteiger partial charge in [0.15, 0.2) is 0 Å². The molecule has 0 bridgehead atoms. The van der Waals surface area contributed by atoms with E-state index in [9.17, 15) is 0 Å². The van der Waals surface area contributed by atoms with Crippen molar-refractivity contribution in [1.82, 2.24) is 10.3 Å². The van der Waals surface area contributed by atoms with E-state index < -0.39 is 0 Å². The number of nitrogens with zero attached hydrogens (tertiary/aromatic N) is 2. The Kier molecular flexibility index (Phi) is 5.84. The minimum absolute atomic E-state index is 0.506. The Balaban J connectivity index is 1.98. The topological polar surface area (TPSA) is 28.2 Å². The van der Waals surface area contributed by atoms with Gasteiger partial charge in [0.1, 0.15) is 0 Å². The highest BCUT2D eigenvalue weighted by Gasteiger charge is 2.17. The smallest absolute Gasteiger partial charge is 0.0440 e. The van der Waals surface area contributed by atoms with E-state index in [0.717, 1.165) is 12.5 Å². The van der Waals surface area contributed by atoms with Gasteiger partial charge in [0.2, 0.25) is 0 Å². The molecule has 0 unspecified atom stereocenters. The predicted molar refractivity (Wildman–Crippen MR) is 86.1 cm³/mol. The lowest BCUT2D eigenvalue weighted by Crippen LogP contribution is -2.29. The Hall–Kier alpha value is -1.09. The van der Waals surface area contributed by atoms with Gasteiger partial charge in [0.25, 0.3) is 0 Å². The van der Waals surface area contributed by atoms with Crippen LogP contribution < -0.4 is 10.2 Å². The Labute approximate surface area is 123 Å². The number of pyridine rings is 1. The fraction of sp³-hybridized carbons (Fsp3) is 0.706. The number of hydrogen-bond donors (Lipinski definition) is 1. The molecule has 1 saturated carbocycles. The lowest BCUT2D eigenvalue weighted by molar-refractivity contribution is 0.362. The van der Waals surface area contributed by atoms with Gasteiger partial charge in [-0.15, -0.1) is 0 Å². The van der Waals surface area contributed by atoms with Crippen molar-refractivity contribution in [2.24, 2.45) is 5.92 Å². The molecular weight excluding hydrogens is 246 g/mol. The molecular formula is C17H29N3. The van der Waals surface area contributed by atoms with Crippen LogP contribution in [0.5, 0.6) is 0 Å². The summed E-state index contributed by atoms with van der Waals surface area (Å²) in [6.07, 6.45) is 11.0. The molecule has 2 rings (SSSR count). The fourth-order valence-electron chi connectivity index (χ4n) is 3.10. The zero-order valence-corrected chi connectivity index (χ0v) is 13.2. The SMILES string of the molecule is CC(C)NCc1cnccc1N(C)CC1CCCCC1. The largest absolute Gasteiger partial charge is 0.374 e. The molecule has 0 saturated heterocycles. The molecule has 0 radical (unpaired) electrons. The molecule has 1 heterocycles. The standard InChI is InChI=1S/C17H29N3/c1-14(2)19-12-16-11-18-10-9-17(16)20(3)13-15-7-5-4-6-8-15/h9-11,14-15,19H,4-8,12-13H2,1-3H3. The molecule has 3 nitrogen and oxygen atoms in total. The molecule has 20 heavy (non-hydrogen) atoms. The molecule has 3 heteroatoms. The summed E-state index contributed by atoms with van der Waals surface area (Å²) in [5.74, 6) is 0.868. The van der Waals surface area contributed by atoms with E-state index in [1.807, 2.05) is 12.4 Å². The first-order valence-electron chi connectivity index (χ1n) is 8.04. The van der Waals surface area contributed by atoms with Crippen molar-refractivity contribution in [2.45, 2.75) is 58.5 Å². The average Bonchev–Trinajstić information content (AvgIpc) is 2.46. The maximum absolute atomic E-state index is 4.29.